The van der Waals surface area contributed by atoms with Crippen molar-refractivity contribution in [3.05, 3.63) is 59.7 Å². The van der Waals surface area contributed by atoms with Crippen molar-refractivity contribution >= 4 is 17.0 Å². The van der Waals surface area contributed by atoms with E-state index in [2.05, 4.69) is 5.92 Å². The van der Waals surface area contributed by atoms with Crippen LogP contribution in [0, 0.1) is 12.3 Å². The monoisotopic (exact) mass is 282 g/mol. The summed E-state index contributed by atoms with van der Waals surface area (Å²) in [6, 6.07) is 16.0. The van der Waals surface area contributed by atoms with Crippen LogP contribution >= 0.6 is 11.6 Å². The number of carbonyl (C=O) groups excluding carboxylic acids is 1. The van der Waals surface area contributed by atoms with E-state index in [-0.39, 0.29) is 5.92 Å². The fourth-order valence-electron chi connectivity index (χ4n) is 2.82. The summed E-state index contributed by atoms with van der Waals surface area (Å²) >= 11 is 5.33. The molecule has 0 aliphatic heterocycles. The second kappa shape index (κ2) is 5.03. The lowest BCUT2D eigenvalue weighted by atomic mass is 9.91. The summed E-state index contributed by atoms with van der Waals surface area (Å²) in [4.78, 5) is 11.0. The summed E-state index contributed by atoms with van der Waals surface area (Å²) in [5.41, 5.74) is 3.50. The molecule has 0 aromatic heterocycles. The first kappa shape index (κ1) is 12.8. The molecular weight excluding hydrogens is 272 g/mol. The van der Waals surface area contributed by atoms with E-state index < -0.39 is 11.5 Å². The second-order valence-corrected chi connectivity index (χ2v) is 4.90. The Morgan fingerprint density at radius 2 is 1.60 bits per heavy atom. The first-order valence-electron chi connectivity index (χ1n) is 6.23. The second-order valence-electron chi connectivity index (χ2n) is 4.59. The number of ether oxygens (including phenoxy) is 1. The zero-order valence-electron chi connectivity index (χ0n) is 10.5. The molecule has 0 spiro atoms. The van der Waals surface area contributed by atoms with E-state index in [1.165, 1.54) is 0 Å². The fraction of sp³-hybridized carbons (Fsp3) is 0.118. The third-order valence-electron chi connectivity index (χ3n) is 3.57. The number of rotatable bonds is 2. The average molecular weight is 283 g/mol. The predicted octanol–water partition coefficient (Wildman–Crippen LogP) is 4.18. The van der Waals surface area contributed by atoms with Gasteiger partial charge in [0.05, 0.1) is 5.92 Å². The highest BCUT2D eigenvalue weighted by Crippen LogP contribution is 2.46. The highest BCUT2D eigenvalue weighted by molar-refractivity contribution is 6.61. The molecule has 0 saturated heterocycles. The number of hydrogen-bond acceptors (Lipinski definition) is 2. The van der Waals surface area contributed by atoms with Crippen LogP contribution in [0.2, 0.25) is 0 Å². The van der Waals surface area contributed by atoms with Gasteiger partial charge in [-0.1, -0.05) is 54.5 Å². The van der Waals surface area contributed by atoms with Crippen molar-refractivity contribution < 1.29 is 9.53 Å². The number of benzene rings is 2. The van der Waals surface area contributed by atoms with Crippen LogP contribution in [0.4, 0.5) is 4.79 Å². The maximum atomic E-state index is 11.0. The highest BCUT2D eigenvalue weighted by atomic mass is 35.5. The lowest BCUT2D eigenvalue weighted by Gasteiger charge is -2.19. The van der Waals surface area contributed by atoms with Crippen LogP contribution in [0.3, 0.4) is 0 Å². The van der Waals surface area contributed by atoms with Crippen LogP contribution in [0.1, 0.15) is 17.0 Å². The van der Waals surface area contributed by atoms with Gasteiger partial charge in [0.25, 0.3) is 0 Å². The van der Waals surface area contributed by atoms with Crippen molar-refractivity contribution in [1.82, 2.24) is 0 Å². The first-order chi connectivity index (χ1) is 9.72. The van der Waals surface area contributed by atoms with Crippen LogP contribution in [-0.4, -0.2) is 11.5 Å². The van der Waals surface area contributed by atoms with Gasteiger partial charge in [-0.3, -0.25) is 0 Å². The summed E-state index contributed by atoms with van der Waals surface area (Å²) in [6.07, 6.45) is 4.83. The molecule has 98 valence electrons. The smallest absolute Gasteiger partial charge is 0.405 e. The van der Waals surface area contributed by atoms with Gasteiger partial charge in [0.1, 0.15) is 0 Å². The number of carbonyl (C=O) groups is 1. The van der Waals surface area contributed by atoms with E-state index in [9.17, 15) is 4.79 Å². The SMILES string of the molecule is C#CC(OC(=O)Cl)C1c2ccccc2-c2ccccc21. The minimum atomic E-state index is -0.880. The lowest BCUT2D eigenvalue weighted by Crippen LogP contribution is -2.21. The molecule has 1 aliphatic rings. The normalized spacial score (nSPS) is 14.0. The molecule has 3 heteroatoms. The minimum Gasteiger partial charge on any atom is -0.436 e. The topological polar surface area (TPSA) is 26.3 Å². The van der Waals surface area contributed by atoms with E-state index >= 15 is 0 Å². The van der Waals surface area contributed by atoms with Gasteiger partial charge in [0, 0.05) is 11.6 Å². The van der Waals surface area contributed by atoms with Gasteiger partial charge < -0.3 is 4.74 Å². The zero-order valence-corrected chi connectivity index (χ0v) is 11.3. The minimum absolute atomic E-state index is 0.171. The molecule has 0 amide bonds. The van der Waals surface area contributed by atoms with Crippen LogP contribution < -0.4 is 0 Å². The van der Waals surface area contributed by atoms with Gasteiger partial charge in [-0.05, 0) is 22.3 Å². The molecule has 1 atom stereocenters. The predicted molar refractivity (Wildman–Crippen MR) is 78.7 cm³/mol. The van der Waals surface area contributed by atoms with E-state index in [0.717, 1.165) is 22.3 Å². The van der Waals surface area contributed by atoms with Crippen molar-refractivity contribution in [3.63, 3.8) is 0 Å². The molecule has 0 bridgehead atoms. The Labute approximate surface area is 122 Å². The Kier molecular flexibility index (Phi) is 3.22. The molecule has 2 aromatic rings. The average Bonchev–Trinajstić information content (AvgIpc) is 2.79. The molecule has 0 heterocycles. The summed E-state index contributed by atoms with van der Waals surface area (Å²) in [7, 11) is 0. The molecule has 0 fully saturated rings. The summed E-state index contributed by atoms with van der Waals surface area (Å²) in [5.74, 6) is 2.36. The van der Waals surface area contributed by atoms with E-state index in [4.69, 9.17) is 22.8 Å². The van der Waals surface area contributed by atoms with Crippen LogP contribution in [-0.2, 0) is 4.74 Å². The standard InChI is InChI=1S/C17H11ClO2/c1-2-15(20-17(18)19)16-13-9-5-3-7-11(13)12-8-4-6-10-14(12)16/h1,3-10,15-16H. The molecule has 1 unspecified atom stereocenters. The van der Waals surface area contributed by atoms with Crippen LogP contribution in [0.15, 0.2) is 48.5 Å². The fourth-order valence-corrected chi connectivity index (χ4v) is 2.91. The van der Waals surface area contributed by atoms with Crippen LogP contribution in [0.25, 0.3) is 11.1 Å². The summed E-state index contributed by atoms with van der Waals surface area (Å²) in [5, 5.41) is 0. The van der Waals surface area contributed by atoms with Gasteiger partial charge in [0.2, 0.25) is 0 Å². The van der Waals surface area contributed by atoms with Gasteiger partial charge in [0.15, 0.2) is 6.10 Å². The Morgan fingerprint density at radius 1 is 1.10 bits per heavy atom. The molecule has 0 N–H and O–H groups in total. The quantitative estimate of drug-likeness (QED) is 0.610. The molecule has 2 nitrogen and oxygen atoms in total. The Balaban J connectivity index is 2.16. The Morgan fingerprint density at radius 3 is 2.05 bits per heavy atom. The van der Waals surface area contributed by atoms with Crippen LogP contribution in [0.5, 0.6) is 0 Å². The maximum absolute atomic E-state index is 11.0. The number of halogens is 1. The largest absolute Gasteiger partial charge is 0.436 e. The molecule has 2 aromatic carbocycles. The van der Waals surface area contributed by atoms with E-state index in [1.807, 2.05) is 48.5 Å². The molecule has 0 saturated carbocycles. The van der Waals surface area contributed by atoms with Gasteiger partial charge in [-0.25, -0.2) is 4.79 Å². The Hall–Kier alpha value is -2.24. The van der Waals surface area contributed by atoms with E-state index in [0.29, 0.717) is 0 Å². The van der Waals surface area contributed by atoms with Crippen molar-refractivity contribution in [2.24, 2.45) is 0 Å². The van der Waals surface area contributed by atoms with Crippen molar-refractivity contribution in [2.45, 2.75) is 12.0 Å². The van der Waals surface area contributed by atoms with Gasteiger partial charge in [-0.2, -0.15) is 0 Å². The van der Waals surface area contributed by atoms with E-state index in [1.54, 1.807) is 0 Å². The summed E-state index contributed by atoms with van der Waals surface area (Å²) in [6.45, 7) is 0. The lowest BCUT2D eigenvalue weighted by molar-refractivity contribution is 0.142. The van der Waals surface area contributed by atoms with Gasteiger partial charge >= 0.3 is 5.43 Å². The molecule has 1 aliphatic carbocycles. The zero-order chi connectivity index (χ0) is 14.1. The molecule has 0 radical (unpaired) electrons. The van der Waals surface area contributed by atoms with Gasteiger partial charge in [-0.15, -0.1) is 6.42 Å². The highest BCUT2D eigenvalue weighted by Gasteiger charge is 2.35. The first-order valence-corrected chi connectivity index (χ1v) is 6.60. The Bertz CT molecular complexity index is 669. The number of fused-ring (bicyclic) bond motifs is 3. The number of hydrogen-bond donors (Lipinski definition) is 0. The third-order valence-corrected chi connectivity index (χ3v) is 3.66. The maximum Gasteiger partial charge on any atom is 0.405 e. The van der Waals surface area contributed by atoms with Crippen molar-refractivity contribution in [2.75, 3.05) is 0 Å². The molecule has 20 heavy (non-hydrogen) atoms. The summed E-state index contributed by atoms with van der Waals surface area (Å²) < 4.78 is 5.09. The number of terminal acetylenes is 1. The molecular formula is C17H11ClO2. The third kappa shape index (κ3) is 1.97. The van der Waals surface area contributed by atoms with Crippen molar-refractivity contribution in [1.29, 1.82) is 0 Å². The molecule has 3 rings (SSSR count). The van der Waals surface area contributed by atoms with Crippen molar-refractivity contribution in [3.8, 4) is 23.5 Å².